The molecule has 13 heavy (non-hydrogen) atoms. The van der Waals surface area contributed by atoms with Crippen LogP contribution in [-0.2, 0) is 0 Å². The van der Waals surface area contributed by atoms with Crippen LogP contribution in [0.25, 0.3) is 0 Å². The standard InChI is InChI=1S/C12H15N.H2/c1-3-4-8-11(2)13-12-9-6-5-7-10-12;/h3-6,8-9,13H,1-2,7,10H2;1H/b8-4-;. The van der Waals surface area contributed by atoms with Gasteiger partial charge in [-0.05, 0) is 25.0 Å². The lowest BCUT2D eigenvalue weighted by Gasteiger charge is -2.11. The zero-order valence-corrected chi connectivity index (χ0v) is 7.79. The SMILES string of the molecule is C=C/C=C\C(=C)NC1=CC=CCC1.[HH]. The second-order valence-electron chi connectivity index (χ2n) is 2.90. The highest BCUT2D eigenvalue weighted by Crippen LogP contribution is 2.09. The van der Waals surface area contributed by atoms with Crippen LogP contribution in [-0.4, -0.2) is 0 Å². The normalized spacial score (nSPS) is 15.5. The molecule has 1 aliphatic carbocycles. The first-order chi connectivity index (χ1) is 6.33. The number of nitrogens with one attached hydrogen (secondary N) is 1. The van der Waals surface area contributed by atoms with Gasteiger partial charge in [0, 0.05) is 12.8 Å². The molecule has 1 heteroatoms. The Morgan fingerprint density at radius 1 is 1.62 bits per heavy atom. The molecule has 70 valence electrons. The minimum Gasteiger partial charge on any atom is -0.359 e. The van der Waals surface area contributed by atoms with E-state index in [0.29, 0.717) is 0 Å². The smallest absolute Gasteiger partial charge is 0.0308 e. The third kappa shape index (κ3) is 3.61. The Balaban J connectivity index is 0.00000169. The van der Waals surface area contributed by atoms with Crippen LogP contribution in [0.15, 0.2) is 61.0 Å². The molecule has 0 aromatic rings. The second kappa shape index (κ2) is 5.20. The minimum absolute atomic E-state index is 0. The molecule has 0 spiro atoms. The molecule has 0 amide bonds. The van der Waals surface area contributed by atoms with Gasteiger partial charge in [0.2, 0.25) is 0 Å². The zero-order chi connectivity index (χ0) is 9.52. The summed E-state index contributed by atoms with van der Waals surface area (Å²) >= 11 is 0. The summed E-state index contributed by atoms with van der Waals surface area (Å²) in [7, 11) is 0. The average molecular weight is 175 g/mol. The maximum atomic E-state index is 3.88. The molecule has 0 heterocycles. The van der Waals surface area contributed by atoms with Crippen LogP contribution in [0.1, 0.15) is 14.3 Å². The Labute approximate surface area is 81.3 Å². The van der Waals surface area contributed by atoms with E-state index >= 15 is 0 Å². The predicted molar refractivity (Wildman–Crippen MR) is 60.2 cm³/mol. The quantitative estimate of drug-likeness (QED) is 0.646. The van der Waals surface area contributed by atoms with Gasteiger partial charge in [-0.3, -0.25) is 0 Å². The van der Waals surface area contributed by atoms with Crippen molar-refractivity contribution in [2.24, 2.45) is 0 Å². The molecule has 0 aromatic heterocycles. The van der Waals surface area contributed by atoms with Gasteiger partial charge in [0.05, 0.1) is 0 Å². The maximum absolute atomic E-state index is 3.88. The summed E-state index contributed by atoms with van der Waals surface area (Å²) in [6, 6.07) is 0. The Kier molecular flexibility index (Phi) is 3.83. The lowest BCUT2D eigenvalue weighted by molar-refractivity contribution is 0.852. The highest BCUT2D eigenvalue weighted by Gasteiger charge is 1.97. The van der Waals surface area contributed by atoms with E-state index in [2.05, 4.69) is 36.7 Å². The Morgan fingerprint density at radius 2 is 2.46 bits per heavy atom. The number of rotatable bonds is 4. The van der Waals surface area contributed by atoms with Crippen LogP contribution in [0, 0.1) is 0 Å². The van der Waals surface area contributed by atoms with Gasteiger partial charge in [-0.2, -0.15) is 0 Å². The van der Waals surface area contributed by atoms with E-state index in [4.69, 9.17) is 0 Å². The first-order valence-electron chi connectivity index (χ1n) is 4.43. The van der Waals surface area contributed by atoms with Crippen molar-refractivity contribution in [3.8, 4) is 0 Å². The summed E-state index contributed by atoms with van der Waals surface area (Å²) in [5.74, 6) is 0. The zero-order valence-electron chi connectivity index (χ0n) is 7.79. The summed E-state index contributed by atoms with van der Waals surface area (Å²) in [4.78, 5) is 0. The summed E-state index contributed by atoms with van der Waals surface area (Å²) in [5, 5.41) is 3.23. The van der Waals surface area contributed by atoms with Gasteiger partial charge >= 0.3 is 0 Å². The number of hydrogen-bond acceptors (Lipinski definition) is 1. The monoisotopic (exact) mass is 175 g/mol. The molecule has 0 unspecified atom stereocenters. The topological polar surface area (TPSA) is 12.0 Å². The Hall–Kier alpha value is -1.50. The van der Waals surface area contributed by atoms with Crippen molar-refractivity contribution in [2.45, 2.75) is 12.8 Å². The van der Waals surface area contributed by atoms with Gasteiger partial charge in [-0.1, -0.05) is 37.5 Å². The van der Waals surface area contributed by atoms with Crippen molar-refractivity contribution in [1.82, 2.24) is 5.32 Å². The molecule has 0 fully saturated rings. The minimum atomic E-state index is 0. The summed E-state index contributed by atoms with van der Waals surface area (Å²) in [5.41, 5.74) is 2.13. The fourth-order valence-electron chi connectivity index (χ4n) is 1.14. The van der Waals surface area contributed by atoms with E-state index in [0.717, 1.165) is 18.5 Å². The van der Waals surface area contributed by atoms with E-state index in [9.17, 15) is 0 Å². The highest BCUT2D eigenvalue weighted by molar-refractivity contribution is 5.25. The van der Waals surface area contributed by atoms with Crippen molar-refractivity contribution in [1.29, 1.82) is 0 Å². The van der Waals surface area contributed by atoms with Crippen molar-refractivity contribution >= 4 is 0 Å². The average Bonchev–Trinajstić information content (AvgIpc) is 2.16. The van der Waals surface area contributed by atoms with Crippen LogP contribution in [0.4, 0.5) is 0 Å². The summed E-state index contributed by atoms with van der Waals surface area (Å²) < 4.78 is 0. The van der Waals surface area contributed by atoms with Gasteiger partial charge in [0.25, 0.3) is 0 Å². The summed E-state index contributed by atoms with van der Waals surface area (Å²) in [6.45, 7) is 7.47. The molecule has 1 nitrogen and oxygen atoms in total. The van der Waals surface area contributed by atoms with Crippen LogP contribution < -0.4 is 5.32 Å². The molecule has 1 rings (SSSR count). The molecular weight excluding hydrogens is 158 g/mol. The van der Waals surface area contributed by atoms with Crippen LogP contribution in [0.5, 0.6) is 0 Å². The molecule has 1 N–H and O–H groups in total. The van der Waals surface area contributed by atoms with Crippen molar-refractivity contribution in [3.05, 3.63) is 61.0 Å². The molecular formula is C12H17N. The molecule has 0 saturated carbocycles. The maximum Gasteiger partial charge on any atom is 0.0308 e. The fourth-order valence-corrected chi connectivity index (χ4v) is 1.14. The predicted octanol–water partition coefficient (Wildman–Crippen LogP) is 3.31. The lowest BCUT2D eigenvalue weighted by atomic mass is 10.1. The molecule has 0 radical (unpaired) electrons. The third-order valence-corrected chi connectivity index (χ3v) is 1.77. The van der Waals surface area contributed by atoms with Crippen LogP contribution in [0.2, 0.25) is 0 Å². The number of hydrogen-bond donors (Lipinski definition) is 1. The molecule has 0 bridgehead atoms. The summed E-state index contributed by atoms with van der Waals surface area (Å²) in [6.07, 6.45) is 14.0. The van der Waals surface area contributed by atoms with E-state index in [1.54, 1.807) is 6.08 Å². The number of allylic oxidation sites excluding steroid dienone is 7. The third-order valence-electron chi connectivity index (χ3n) is 1.77. The first kappa shape index (κ1) is 9.59. The van der Waals surface area contributed by atoms with Crippen LogP contribution >= 0.6 is 0 Å². The van der Waals surface area contributed by atoms with Crippen molar-refractivity contribution < 1.29 is 1.43 Å². The largest absolute Gasteiger partial charge is 0.359 e. The lowest BCUT2D eigenvalue weighted by Crippen LogP contribution is -2.11. The Morgan fingerprint density at radius 3 is 3.08 bits per heavy atom. The first-order valence-corrected chi connectivity index (χ1v) is 4.43. The highest BCUT2D eigenvalue weighted by atomic mass is 14.9. The van der Waals surface area contributed by atoms with E-state index in [-0.39, 0.29) is 1.43 Å². The molecule has 0 aromatic carbocycles. The molecule has 0 aliphatic heterocycles. The second-order valence-corrected chi connectivity index (χ2v) is 2.90. The van der Waals surface area contributed by atoms with Gasteiger partial charge < -0.3 is 5.32 Å². The van der Waals surface area contributed by atoms with Gasteiger partial charge in [0.1, 0.15) is 0 Å². The molecule has 0 saturated heterocycles. The molecule has 1 aliphatic rings. The van der Waals surface area contributed by atoms with Gasteiger partial charge in [-0.25, -0.2) is 0 Å². The van der Waals surface area contributed by atoms with E-state index in [1.807, 2.05) is 12.2 Å². The van der Waals surface area contributed by atoms with Gasteiger partial charge in [-0.15, -0.1) is 0 Å². The van der Waals surface area contributed by atoms with E-state index < -0.39 is 0 Å². The Bertz CT molecular complexity index is 285. The van der Waals surface area contributed by atoms with Crippen molar-refractivity contribution in [2.75, 3.05) is 0 Å². The van der Waals surface area contributed by atoms with E-state index in [1.165, 1.54) is 5.70 Å². The molecule has 0 atom stereocenters. The fraction of sp³-hybridized carbons (Fsp3) is 0.167. The van der Waals surface area contributed by atoms with Gasteiger partial charge in [0.15, 0.2) is 0 Å². The van der Waals surface area contributed by atoms with Crippen molar-refractivity contribution in [3.63, 3.8) is 0 Å². The van der Waals surface area contributed by atoms with Crippen LogP contribution in [0.3, 0.4) is 0 Å².